The minimum absolute atomic E-state index is 0.250. The second kappa shape index (κ2) is 5.76. The Bertz CT molecular complexity index is 724. The number of hydrogen-bond donors (Lipinski definition) is 1. The van der Waals surface area contributed by atoms with Crippen molar-refractivity contribution in [3.63, 3.8) is 0 Å². The van der Waals surface area contributed by atoms with Crippen LogP contribution in [-0.4, -0.2) is 17.5 Å². The first kappa shape index (κ1) is 15.1. The number of anilines is 1. The van der Waals surface area contributed by atoms with Gasteiger partial charge in [0, 0.05) is 5.69 Å². The summed E-state index contributed by atoms with van der Waals surface area (Å²) in [5.41, 5.74) is 0.154. The molecule has 1 fully saturated rings. The first-order valence-electron chi connectivity index (χ1n) is 7.43. The highest BCUT2D eigenvalue weighted by Gasteiger charge is 2.39. The molecule has 0 atom stereocenters. The van der Waals surface area contributed by atoms with Gasteiger partial charge in [-0.15, -0.1) is 0 Å². The van der Waals surface area contributed by atoms with Crippen LogP contribution in [0.15, 0.2) is 54.6 Å². The maximum atomic E-state index is 12.2. The Balaban J connectivity index is 1.81. The van der Waals surface area contributed by atoms with Gasteiger partial charge in [-0.3, -0.25) is 15.0 Å². The Morgan fingerprint density at radius 3 is 2.17 bits per heavy atom. The monoisotopic (exact) mass is 310 g/mol. The number of hydrogen-bond acceptors (Lipinski definition) is 3. The zero-order chi connectivity index (χ0) is 16.4. The van der Waals surface area contributed by atoms with Crippen LogP contribution in [-0.2, 0) is 4.79 Å². The van der Waals surface area contributed by atoms with Gasteiger partial charge in [-0.2, -0.15) is 0 Å². The normalized spacial score (nSPS) is 16.9. The SMILES string of the molecule is CC1(C)CC(=O)NC(=O)N1c1ccc(Oc2ccccc2)cc1. The molecule has 0 bridgehead atoms. The quantitative estimate of drug-likeness (QED) is 0.940. The Kier molecular flexibility index (Phi) is 3.78. The average Bonchev–Trinajstić information content (AvgIpc) is 2.48. The van der Waals surface area contributed by atoms with E-state index in [9.17, 15) is 9.59 Å². The van der Waals surface area contributed by atoms with Gasteiger partial charge in [-0.05, 0) is 50.2 Å². The number of imide groups is 1. The number of carbonyl (C=O) groups is 2. The third kappa shape index (κ3) is 3.18. The van der Waals surface area contributed by atoms with Crippen LogP contribution < -0.4 is 15.0 Å². The van der Waals surface area contributed by atoms with Crippen LogP contribution in [0.4, 0.5) is 10.5 Å². The highest BCUT2D eigenvalue weighted by atomic mass is 16.5. The number of nitrogens with one attached hydrogen (secondary N) is 1. The molecule has 1 N–H and O–H groups in total. The van der Waals surface area contributed by atoms with Crippen molar-refractivity contribution in [1.29, 1.82) is 0 Å². The lowest BCUT2D eigenvalue weighted by Crippen LogP contribution is -2.60. The minimum Gasteiger partial charge on any atom is -0.457 e. The van der Waals surface area contributed by atoms with Gasteiger partial charge in [0.1, 0.15) is 11.5 Å². The maximum absolute atomic E-state index is 12.2. The van der Waals surface area contributed by atoms with E-state index in [1.165, 1.54) is 0 Å². The molecule has 0 unspecified atom stereocenters. The smallest absolute Gasteiger partial charge is 0.329 e. The van der Waals surface area contributed by atoms with E-state index in [2.05, 4.69) is 5.32 Å². The first-order chi connectivity index (χ1) is 11.0. The third-order valence-electron chi connectivity index (χ3n) is 3.72. The van der Waals surface area contributed by atoms with Gasteiger partial charge >= 0.3 is 6.03 Å². The predicted octanol–water partition coefficient (Wildman–Crippen LogP) is 3.70. The minimum atomic E-state index is -0.568. The molecule has 0 radical (unpaired) electrons. The standard InChI is InChI=1S/C18H18N2O3/c1-18(2)12-16(21)19-17(22)20(18)13-8-10-15(11-9-13)23-14-6-4-3-5-7-14/h3-11H,12H2,1-2H3,(H,19,21,22). The molecule has 3 rings (SSSR count). The summed E-state index contributed by atoms with van der Waals surface area (Å²) in [6, 6.07) is 16.3. The highest BCUT2D eigenvalue weighted by Crippen LogP contribution is 2.31. The van der Waals surface area contributed by atoms with Crippen LogP contribution in [0.3, 0.4) is 0 Å². The molecule has 1 saturated heterocycles. The van der Waals surface area contributed by atoms with E-state index in [0.717, 1.165) is 11.4 Å². The summed E-state index contributed by atoms with van der Waals surface area (Å²) in [5, 5.41) is 2.35. The van der Waals surface area contributed by atoms with E-state index in [1.54, 1.807) is 4.90 Å². The summed E-state index contributed by atoms with van der Waals surface area (Å²) in [7, 11) is 0. The van der Waals surface area contributed by atoms with Crippen LogP contribution in [0, 0.1) is 0 Å². The number of para-hydroxylation sites is 1. The van der Waals surface area contributed by atoms with Gasteiger partial charge in [0.25, 0.3) is 0 Å². The second-order valence-electron chi connectivity index (χ2n) is 6.09. The molecular weight excluding hydrogens is 292 g/mol. The van der Waals surface area contributed by atoms with Crippen LogP contribution in [0.25, 0.3) is 0 Å². The lowest BCUT2D eigenvalue weighted by atomic mass is 9.95. The topological polar surface area (TPSA) is 58.6 Å². The van der Waals surface area contributed by atoms with Gasteiger partial charge in [0.05, 0.1) is 12.0 Å². The van der Waals surface area contributed by atoms with Crippen molar-refractivity contribution >= 4 is 17.6 Å². The van der Waals surface area contributed by atoms with Gasteiger partial charge in [0.15, 0.2) is 0 Å². The van der Waals surface area contributed by atoms with E-state index in [-0.39, 0.29) is 12.3 Å². The number of amides is 3. The maximum Gasteiger partial charge on any atom is 0.329 e. The molecule has 0 spiro atoms. The van der Waals surface area contributed by atoms with Crippen molar-refractivity contribution < 1.29 is 14.3 Å². The van der Waals surface area contributed by atoms with Gasteiger partial charge < -0.3 is 4.74 Å². The van der Waals surface area contributed by atoms with Crippen molar-refractivity contribution in [3.05, 3.63) is 54.6 Å². The summed E-state index contributed by atoms with van der Waals surface area (Å²) in [5.74, 6) is 1.19. The van der Waals surface area contributed by atoms with Crippen LogP contribution in [0.2, 0.25) is 0 Å². The molecule has 0 aliphatic carbocycles. The molecule has 1 heterocycles. The molecule has 3 amide bonds. The molecule has 1 aliphatic rings. The molecule has 0 saturated carbocycles. The molecule has 23 heavy (non-hydrogen) atoms. The summed E-state index contributed by atoms with van der Waals surface area (Å²) < 4.78 is 5.74. The Hall–Kier alpha value is -2.82. The molecule has 5 heteroatoms. The first-order valence-corrected chi connectivity index (χ1v) is 7.43. The lowest BCUT2D eigenvalue weighted by Gasteiger charge is -2.41. The highest BCUT2D eigenvalue weighted by molar-refractivity contribution is 6.07. The summed E-state index contributed by atoms with van der Waals surface area (Å²) in [6.07, 6.45) is 0.265. The second-order valence-corrected chi connectivity index (χ2v) is 6.09. The van der Waals surface area contributed by atoms with Crippen LogP contribution in [0.5, 0.6) is 11.5 Å². The number of rotatable bonds is 3. The molecule has 1 aliphatic heterocycles. The summed E-state index contributed by atoms with van der Waals surface area (Å²) in [4.78, 5) is 25.3. The van der Waals surface area contributed by atoms with Gasteiger partial charge in [-0.1, -0.05) is 18.2 Å². The summed E-state index contributed by atoms with van der Waals surface area (Å²) in [6.45, 7) is 3.75. The van der Waals surface area contributed by atoms with E-state index in [4.69, 9.17) is 4.74 Å². The van der Waals surface area contributed by atoms with E-state index in [0.29, 0.717) is 5.75 Å². The van der Waals surface area contributed by atoms with E-state index >= 15 is 0 Å². The number of nitrogens with zero attached hydrogens (tertiary/aromatic N) is 1. The Morgan fingerprint density at radius 2 is 1.57 bits per heavy atom. The number of ether oxygens (including phenoxy) is 1. The van der Waals surface area contributed by atoms with Crippen LogP contribution >= 0.6 is 0 Å². The Labute approximate surface area is 134 Å². The average molecular weight is 310 g/mol. The molecule has 118 valence electrons. The van der Waals surface area contributed by atoms with E-state index in [1.807, 2.05) is 68.4 Å². The molecule has 5 nitrogen and oxygen atoms in total. The number of carbonyl (C=O) groups excluding carboxylic acids is 2. The van der Waals surface area contributed by atoms with Gasteiger partial charge in [0.2, 0.25) is 5.91 Å². The zero-order valence-electron chi connectivity index (χ0n) is 13.1. The molecule has 0 aromatic heterocycles. The molecule has 2 aromatic rings. The van der Waals surface area contributed by atoms with E-state index < -0.39 is 11.6 Å². The van der Waals surface area contributed by atoms with Gasteiger partial charge in [-0.25, -0.2) is 4.79 Å². The van der Waals surface area contributed by atoms with Crippen LogP contribution in [0.1, 0.15) is 20.3 Å². The van der Waals surface area contributed by atoms with Crippen molar-refractivity contribution in [2.45, 2.75) is 25.8 Å². The molecule has 2 aromatic carbocycles. The van der Waals surface area contributed by atoms with Crippen molar-refractivity contribution in [2.24, 2.45) is 0 Å². The van der Waals surface area contributed by atoms with Crippen molar-refractivity contribution in [1.82, 2.24) is 5.32 Å². The fourth-order valence-electron chi connectivity index (χ4n) is 2.72. The number of benzene rings is 2. The fraction of sp³-hybridized carbons (Fsp3) is 0.222. The number of urea groups is 1. The summed E-state index contributed by atoms with van der Waals surface area (Å²) >= 11 is 0. The van der Waals surface area contributed by atoms with Crippen molar-refractivity contribution in [2.75, 3.05) is 4.90 Å². The fourth-order valence-corrected chi connectivity index (χ4v) is 2.72. The predicted molar refractivity (Wildman–Crippen MR) is 87.7 cm³/mol. The lowest BCUT2D eigenvalue weighted by molar-refractivity contribution is -0.121. The molecular formula is C18H18N2O3. The largest absolute Gasteiger partial charge is 0.457 e. The Morgan fingerprint density at radius 1 is 0.957 bits per heavy atom. The zero-order valence-corrected chi connectivity index (χ0v) is 13.1. The van der Waals surface area contributed by atoms with Crippen molar-refractivity contribution in [3.8, 4) is 11.5 Å². The third-order valence-corrected chi connectivity index (χ3v) is 3.72.